The topological polar surface area (TPSA) is 69.2 Å². The molecule has 6 heteroatoms. The summed E-state index contributed by atoms with van der Waals surface area (Å²) in [5, 5.41) is 9.95. The van der Waals surface area contributed by atoms with Crippen LogP contribution >= 0.6 is 0 Å². The van der Waals surface area contributed by atoms with Gasteiger partial charge in [0.1, 0.15) is 11.6 Å². The van der Waals surface area contributed by atoms with Crippen molar-refractivity contribution in [1.82, 2.24) is 14.9 Å². The molecule has 1 aromatic carbocycles. The fraction of sp³-hybridized carbons (Fsp3) is 0.435. The lowest BCUT2D eigenvalue weighted by Gasteiger charge is -2.25. The molecule has 2 aromatic heterocycles. The molecule has 29 heavy (non-hydrogen) atoms. The zero-order chi connectivity index (χ0) is 20.1. The van der Waals surface area contributed by atoms with E-state index in [2.05, 4.69) is 34.9 Å². The third kappa shape index (κ3) is 2.97. The molecule has 1 atom stereocenters. The Balaban J connectivity index is 1.79. The van der Waals surface area contributed by atoms with E-state index in [1.54, 1.807) is 6.20 Å². The largest absolute Gasteiger partial charge is 0.438 e. The van der Waals surface area contributed by atoms with E-state index in [9.17, 15) is 5.26 Å². The Morgan fingerprint density at radius 3 is 2.69 bits per heavy atom. The number of fused-ring (bicyclic) bond motifs is 1. The first kappa shape index (κ1) is 18.1. The van der Waals surface area contributed by atoms with E-state index in [-0.39, 0.29) is 0 Å². The molecule has 0 bridgehead atoms. The minimum absolute atomic E-state index is 0.397. The molecule has 1 aliphatic heterocycles. The first-order valence-electron chi connectivity index (χ1n) is 10.3. The van der Waals surface area contributed by atoms with Crippen molar-refractivity contribution in [2.45, 2.75) is 38.1 Å². The number of oxazole rings is 1. The van der Waals surface area contributed by atoms with Gasteiger partial charge in [-0.25, -0.2) is 4.98 Å². The Morgan fingerprint density at radius 1 is 1.24 bits per heavy atom. The minimum Gasteiger partial charge on any atom is -0.438 e. The Bertz CT molecular complexity index is 1110. The van der Waals surface area contributed by atoms with Crippen molar-refractivity contribution in [1.29, 1.82) is 5.26 Å². The van der Waals surface area contributed by atoms with Crippen LogP contribution in [0.3, 0.4) is 0 Å². The number of likely N-dealkylation sites (N-methyl/N-ethyl adjacent to an activating group) is 1. The summed E-state index contributed by atoms with van der Waals surface area (Å²) in [4.78, 5) is 14.1. The Labute approximate surface area is 170 Å². The lowest BCUT2D eigenvalue weighted by atomic mass is 9.95. The van der Waals surface area contributed by atoms with Gasteiger partial charge >= 0.3 is 0 Å². The molecular weight excluding hydrogens is 362 g/mol. The van der Waals surface area contributed by atoms with Crippen LogP contribution < -0.4 is 4.90 Å². The quantitative estimate of drug-likeness (QED) is 0.672. The molecule has 5 rings (SSSR count). The van der Waals surface area contributed by atoms with Crippen molar-refractivity contribution in [3.63, 3.8) is 0 Å². The normalized spacial score (nSPS) is 19.3. The molecule has 3 heterocycles. The molecule has 1 unspecified atom stereocenters. The molecule has 6 nitrogen and oxygen atoms in total. The molecule has 0 spiro atoms. The monoisotopic (exact) mass is 387 g/mol. The van der Waals surface area contributed by atoms with Gasteiger partial charge in [-0.05, 0) is 58.0 Å². The van der Waals surface area contributed by atoms with Crippen molar-refractivity contribution in [3.8, 4) is 17.3 Å². The van der Waals surface area contributed by atoms with E-state index in [4.69, 9.17) is 9.40 Å². The molecule has 1 saturated carbocycles. The summed E-state index contributed by atoms with van der Waals surface area (Å²) in [5.41, 5.74) is 5.88. The average Bonchev–Trinajstić information content (AvgIpc) is 3.29. The molecule has 0 radical (unpaired) electrons. The smallest absolute Gasteiger partial charge is 0.198 e. The second-order valence-electron chi connectivity index (χ2n) is 8.41. The van der Waals surface area contributed by atoms with Crippen molar-refractivity contribution < 1.29 is 4.42 Å². The number of hydrogen-bond donors (Lipinski definition) is 0. The fourth-order valence-corrected chi connectivity index (χ4v) is 4.39. The number of nitriles is 1. The first-order chi connectivity index (χ1) is 14.1. The van der Waals surface area contributed by atoms with Crippen LogP contribution in [0.5, 0.6) is 0 Å². The summed E-state index contributed by atoms with van der Waals surface area (Å²) >= 11 is 0. The molecular formula is C23H25N5O. The van der Waals surface area contributed by atoms with E-state index in [1.165, 1.54) is 0 Å². The second-order valence-corrected chi connectivity index (χ2v) is 8.41. The zero-order valence-electron chi connectivity index (χ0n) is 17.1. The molecule has 0 amide bonds. The van der Waals surface area contributed by atoms with E-state index in [0.717, 1.165) is 66.3 Å². The SMILES string of the molecule is Cc1c(-c2ccccn2)c(N2CCC(N(C)C)C2)c2oc(C3CC3)nc2c1C#N. The van der Waals surface area contributed by atoms with Gasteiger partial charge in [0.15, 0.2) is 11.5 Å². The van der Waals surface area contributed by atoms with Crippen LogP contribution in [0.1, 0.15) is 42.2 Å². The number of rotatable bonds is 4. The summed E-state index contributed by atoms with van der Waals surface area (Å²) in [6.45, 7) is 3.88. The third-order valence-electron chi connectivity index (χ3n) is 6.25. The van der Waals surface area contributed by atoms with Gasteiger partial charge in [0.2, 0.25) is 0 Å². The number of benzene rings is 1. The van der Waals surface area contributed by atoms with Crippen molar-refractivity contribution in [3.05, 3.63) is 41.4 Å². The van der Waals surface area contributed by atoms with Gasteiger partial charge in [-0.2, -0.15) is 5.26 Å². The summed E-state index contributed by atoms with van der Waals surface area (Å²) in [7, 11) is 4.26. The molecule has 2 aliphatic rings. The summed E-state index contributed by atoms with van der Waals surface area (Å²) in [6, 6.07) is 8.80. The van der Waals surface area contributed by atoms with Crippen LogP contribution in [0.15, 0.2) is 28.8 Å². The number of nitrogens with zero attached hydrogens (tertiary/aromatic N) is 5. The van der Waals surface area contributed by atoms with Gasteiger partial charge in [-0.1, -0.05) is 6.07 Å². The molecule has 1 aliphatic carbocycles. The van der Waals surface area contributed by atoms with Crippen molar-refractivity contribution in [2.24, 2.45) is 0 Å². The van der Waals surface area contributed by atoms with Gasteiger partial charge in [-0.15, -0.1) is 0 Å². The summed E-state index contributed by atoms with van der Waals surface area (Å²) in [6.07, 6.45) is 5.13. The lowest BCUT2D eigenvalue weighted by molar-refractivity contribution is 0.315. The maximum absolute atomic E-state index is 9.95. The Kier molecular flexibility index (Phi) is 4.29. The molecule has 3 aromatic rings. The fourth-order valence-electron chi connectivity index (χ4n) is 4.39. The average molecular weight is 387 g/mol. The van der Waals surface area contributed by atoms with E-state index >= 15 is 0 Å². The maximum Gasteiger partial charge on any atom is 0.198 e. The Morgan fingerprint density at radius 2 is 2.07 bits per heavy atom. The molecule has 1 saturated heterocycles. The molecule has 2 fully saturated rings. The highest BCUT2D eigenvalue weighted by Crippen LogP contribution is 2.47. The van der Waals surface area contributed by atoms with Crippen LogP contribution in [0.4, 0.5) is 5.69 Å². The molecule has 148 valence electrons. The van der Waals surface area contributed by atoms with Gasteiger partial charge < -0.3 is 14.2 Å². The molecule has 0 N–H and O–H groups in total. The van der Waals surface area contributed by atoms with E-state index in [0.29, 0.717) is 23.0 Å². The highest BCUT2D eigenvalue weighted by molar-refractivity contribution is 6.01. The standard InChI is InChI=1S/C23H25N5O/c1-14-17(12-24)20-22(29-23(26-20)15-7-8-15)21(19(14)18-6-4-5-10-25-18)28-11-9-16(13-28)27(2)3/h4-6,10,15-16H,7-9,11,13H2,1-3H3. The van der Waals surface area contributed by atoms with Crippen LogP contribution in [-0.4, -0.2) is 48.1 Å². The highest BCUT2D eigenvalue weighted by Gasteiger charge is 2.34. The Hall–Kier alpha value is -2.91. The second kappa shape index (κ2) is 6.85. The lowest BCUT2D eigenvalue weighted by Crippen LogP contribution is -2.31. The number of pyridine rings is 1. The summed E-state index contributed by atoms with van der Waals surface area (Å²) in [5.74, 6) is 1.17. The maximum atomic E-state index is 9.95. The van der Waals surface area contributed by atoms with Crippen molar-refractivity contribution >= 4 is 16.8 Å². The predicted molar refractivity (Wildman–Crippen MR) is 113 cm³/mol. The van der Waals surface area contributed by atoms with Crippen molar-refractivity contribution in [2.75, 3.05) is 32.1 Å². The van der Waals surface area contributed by atoms with Gasteiger partial charge in [0, 0.05) is 36.8 Å². The first-order valence-corrected chi connectivity index (χ1v) is 10.3. The predicted octanol–water partition coefficient (Wildman–Crippen LogP) is 4.09. The number of hydrogen-bond acceptors (Lipinski definition) is 6. The van der Waals surface area contributed by atoms with Crippen LogP contribution in [0.25, 0.3) is 22.4 Å². The van der Waals surface area contributed by atoms with Crippen LogP contribution in [-0.2, 0) is 0 Å². The van der Waals surface area contributed by atoms with Crippen LogP contribution in [0, 0.1) is 18.3 Å². The van der Waals surface area contributed by atoms with Crippen LogP contribution in [0.2, 0.25) is 0 Å². The highest BCUT2D eigenvalue weighted by atomic mass is 16.4. The summed E-state index contributed by atoms with van der Waals surface area (Å²) < 4.78 is 6.35. The number of anilines is 1. The van der Waals surface area contributed by atoms with Gasteiger partial charge in [-0.3, -0.25) is 4.98 Å². The van der Waals surface area contributed by atoms with E-state index < -0.39 is 0 Å². The minimum atomic E-state index is 0.397. The van der Waals surface area contributed by atoms with Gasteiger partial charge in [0.25, 0.3) is 0 Å². The van der Waals surface area contributed by atoms with E-state index in [1.807, 2.05) is 25.1 Å². The van der Waals surface area contributed by atoms with Gasteiger partial charge in [0.05, 0.1) is 16.9 Å². The zero-order valence-corrected chi connectivity index (χ0v) is 17.1. The number of aromatic nitrogens is 2. The third-order valence-corrected chi connectivity index (χ3v) is 6.25.